The van der Waals surface area contributed by atoms with Gasteiger partial charge in [0.05, 0.1) is 17.0 Å². The molecule has 0 saturated carbocycles. The first-order valence-electron chi connectivity index (χ1n) is 5.75. The van der Waals surface area contributed by atoms with E-state index in [-0.39, 0.29) is 16.9 Å². The summed E-state index contributed by atoms with van der Waals surface area (Å²) in [4.78, 5) is 24.4. The first kappa shape index (κ1) is 14.0. The minimum absolute atomic E-state index is 0.0711. The molecule has 0 saturated heterocycles. The number of hydrogen-bond donors (Lipinski definition) is 1. The highest BCUT2D eigenvalue weighted by atomic mass is 32.1. The Kier molecular flexibility index (Phi) is 3.99. The molecule has 1 heterocycles. The number of hydrogen-bond acceptors (Lipinski definition) is 5. The Morgan fingerprint density at radius 1 is 1.40 bits per heavy atom. The summed E-state index contributed by atoms with van der Waals surface area (Å²) in [5, 5.41) is 22.2. The Morgan fingerprint density at radius 2 is 2.15 bits per heavy atom. The van der Waals surface area contributed by atoms with Gasteiger partial charge in [-0.1, -0.05) is 12.1 Å². The highest BCUT2D eigenvalue weighted by Crippen LogP contribution is 2.32. The highest BCUT2D eigenvalue weighted by Gasteiger charge is 2.24. The van der Waals surface area contributed by atoms with Crippen LogP contribution in [0.25, 0.3) is 0 Å². The number of thiophene rings is 1. The third-order valence-electron chi connectivity index (χ3n) is 2.80. The van der Waals surface area contributed by atoms with Crippen LogP contribution in [-0.4, -0.2) is 23.0 Å². The molecule has 0 bridgehead atoms. The number of carboxylic acid groups (broad SMARTS) is 1. The number of anilines is 1. The van der Waals surface area contributed by atoms with Gasteiger partial charge in [-0.05, 0) is 17.5 Å². The molecule has 0 aliphatic rings. The molecule has 0 amide bonds. The molecule has 0 aliphatic carbocycles. The van der Waals surface area contributed by atoms with E-state index in [4.69, 9.17) is 0 Å². The SMILES string of the molecule is CN(Cc1cccs1)c1c(C(=O)O)cccc1[N+](=O)[O-]. The van der Waals surface area contributed by atoms with Crippen LogP contribution in [0.4, 0.5) is 11.4 Å². The molecule has 2 rings (SSSR count). The molecule has 104 valence electrons. The van der Waals surface area contributed by atoms with Crippen LogP contribution in [0.2, 0.25) is 0 Å². The predicted octanol–water partition coefficient (Wildman–Crippen LogP) is 2.99. The van der Waals surface area contributed by atoms with Gasteiger partial charge in [0.2, 0.25) is 0 Å². The minimum Gasteiger partial charge on any atom is -0.478 e. The summed E-state index contributed by atoms with van der Waals surface area (Å²) in [6, 6.07) is 7.84. The van der Waals surface area contributed by atoms with Crippen LogP contribution < -0.4 is 4.90 Å². The smallest absolute Gasteiger partial charge is 0.338 e. The van der Waals surface area contributed by atoms with Crippen LogP contribution >= 0.6 is 11.3 Å². The van der Waals surface area contributed by atoms with Crippen molar-refractivity contribution < 1.29 is 14.8 Å². The molecule has 0 radical (unpaired) electrons. The first-order valence-corrected chi connectivity index (χ1v) is 6.63. The van der Waals surface area contributed by atoms with Crippen molar-refractivity contribution in [2.45, 2.75) is 6.54 Å². The number of nitro groups is 1. The zero-order valence-corrected chi connectivity index (χ0v) is 11.5. The van der Waals surface area contributed by atoms with E-state index in [1.807, 2.05) is 17.5 Å². The molecule has 7 heteroatoms. The molecule has 20 heavy (non-hydrogen) atoms. The molecule has 0 spiro atoms. The van der Waals surface area contributed by atoms with Gasteiger partial charge in [-0.25, -0.2) is 4.79 Å². The highest BCUT2D eigenvalue weighted by molar-refractivity contribution is 7.09. The Bertz CT molecular complexity index is 608. The first-order chi connectivity index (χ1) is 9.50. The number of nitrogens with zero attached hydrogens (tertiary/aromatic N) is 2. The zero-order valence-electron chi connectivity index (χ0n) is 10.6. The van der Waals surface area contributed by atoms with Gasteiger partial charge in [0, 0.05) is 18.0 Å². The summed E-state index contributed by atoms with van der Waals surface area (Å²) in [7, 11) is 1.65. The van der Waals surface area contributed by atoms with Gasteiger partial charge in [0.25, 0.3) is 5.69 Å². The average Bonchev–Trinajstić information content (AvgIpc) is 2.90. The number of nitro benzene ring substituents is 1. The van der Waals surface area contributed by atoms with E-state index in [9.17, 15) is 20.0 Å². The van der Waals surface area contributed by atoms with E-state index in [1.54, 1.807) is 11.9 Å². The van der Waals surface area contributed by atoms with Crippen LogP contribution in [0.3, 0.4) is 0 Å². The summed E-state index contributed by atoms with van der Waals surface area (Å²) in [6.07, 6.45) is 0. The van der Waals surface area contributed by atoms with Crippen molar-refractivity contribution in [1.82, 2.24) is 0 Å². The summed E-state index contributed by atoms with van der Waals surface area (Å²) in [5.41, 5.74) is -0.152. The Balaban J connectivity index is 2.46. The maximum absolute atomic E-state index is 11.3. The summed E-state index contributed by atoms with van der Waals surface area (Å²) >= 11 is 1.52. The van der Waals surface area contributed by atoms with Crippen molar-refractivity contribution in [2.24, 2.45) is 0 Å². The number of para-hydroxylation sites is 1. The molecule has 0 unspecified atom stereocenters. The van der Waals surface area contributed by atoms with Gasteiger partial charge < -0.3 is 10.0 Å². The average molecular weight is 292 g/mol. The Labute approximate surface area is 119 Å². The monoisotopic (exact) mass is 292 g/mol. The van der Waals surface area contributed by atoms with Crippen molar-refractivity contribution in [1.29, 1.82) is 0 Å². The topological polar surface area (TPSA) is 83.7 Å². The molecule has 6 nitrogen and oxygen atoms in total. The zero-order chi connectivity index (χ0) is 14.7. The van der Waals surface area contributed by atoms with Crippen molar-refractivity contribution in [3.05, 3.63) is 56.3 Å². The lowest BCUT2D eigenvalue weighted by atomic mass is 10.1. The van der Waals surface area contributed by atoms with E-state index in [0.717, 1.165) is 4.88 Å². The normalized spacial score (nSPS) is 10.2. The second kappa shape index (κ2) is 5.70. The van der Waals surface area contributed by atoms with Crippen LogP contribution in [0.5, 0.6) is 0 Å². The Hall–Kier alpha value is -2.41. The molecule has 0 atom stereocenters. The molecule has 0 aliphatic heterocycles. The van der Waals surface area contributed by atoms with Gasteiger partial charge in [-0.2, -0.15) is 0 Å². The number of carboxylic acids is 1. The lowest BCUT2D eigenvalue weighted by molar-refractivity contribution is -0.384. The molecule has 2 aromatic rings. The second-order valence-corrected chi connectivity index (χ2v) is 5.20. The maximum Gasteiger partial charge on any atom is 0.338 e. The predicted molar refractivity (Wildman–Crippen MR) is 76.5 cm³/mol. The van der Waals surface area contributed by atoms with Crippen molar-refractivity contribution in [3.63, 3.8) is 0 Å². The van der Waals surface area contributed by atoms with E-state index in [0.29, 0.717) is 6.54 Å². The van der Waals surface area contributed by atoms with Crippen molar-refractivity contribution in [3.8, 4) is 0 Å². The molecule has 1 N–H and O–H groups in total. The lowest BCUT2D eigenvalue weighted by Crippen LogP contribution is -2.20. The van der Waals surface area contributed by atoms with E-state index in [1.165, 1.54) is 29.5 Å². The lowest BCUT2D eigenvalue weighted by Gasteiger charge is -2.20. The third kappa shape index (κ3) is 2.77. The summed E-state index contributed by atoms with van der Waals surface area (Å²) in [5.74, 6) is -1.18. The van der Waals surface area contributed by atoms with Crippen LogP contribution in [0, 0.1) is 10.1 Å². The second-order valence-electron chi connectivity index (χ2n) is 4.17. The van der Waals surface area contributed by atoms with Gasteiger partial charge in [0.1, 0.15) is 5.69 Å². The van der Waals surface area contributed by atoms with Crippen molar-refractivity contribution >= 4 is 28.7 Å². The summed E-state index contributed by atoms with van der Waals surface area (Å²) in [6.45, 7) is 0.419. The van der Waals surface area contributed by atoms with Gasteiger partial charge >= 0.3 is 5.97 Å². The molecule has 1 aromatic heterocycles. The van der Waals surface area contributed by atoms with E-state index in [2.05, 4.69) is 0 Å². The van der Waals surface area contributed by atoms with Crippen LogP contribution in [-0.2, 0) is 6.54 Å². The molecular weight excluding hydrogens is 280 g/mol. The molecule has 1 aromatic carbocycles. The quantitative estimate of drug-likeness (QED) is 0.676. The minimum atomic E-state index is -1.18. The number of rotatable bonds is 5. The number of aromatic carboxylic acids is 1. The molecule has 0 fully saturated rings. The number of carbonyl (C=O) groups is 1. The van der Waals surface area contributed by atoms with Crippen molar-refractivity contribution in [2.75, 3.05) is 11.9 Å². The standard InChI is InChI=1S/C13H12N2O4S/c1-14(8-9-4-3-7-20-9)12-10(13(16)17)5-2-6-11(12)15(18)19/h2-7H,8H2,1H3,(H,16,17). The fourth-order valence-electron chi connectivity index (χ4n) is 1.97. The van der Waals surface area contributed by atoms with Gasteiger partial charge in [-0.3, -0.25) is 10.1 Å². The van der Waals surface area contributed by atoms with E-state index >= 15 is 0 Å². The largest absolute Gasteiger partial charge is 0.478 e. The van der Waals surface area contributed by atoms with Crippen LogP contribution in [0.15, 0.2) is 35.7 Å². The van der Waals surface area contributed by atoms with Gasteiger partial charge in [0.15, 0.2) is 0 Å². The maximum atomic E-state index is 11.3. The fraction of sp³-hybridized carbons (Fsp3) is 0.154. The third-order valence-corrected chi connectivity index (χ3v) is 3.66. The number of benzene rings is 1. The molecular formula is C13H12N2O4S. The summed E-state index contributed by atoms with van der Waals surface area (Å²) < 4.78 is 0. The fourth-order valence-corrected chi connectivity index (χ4v) is 2.73. The van der Waals surface area contributed by atoms with Gasteiger partial charge in [-0.15, -0.1) is 11.3 Å². The Morgan fingerprint density at radius 3 is 2.70 bits per heavy atom. The van der Waals surface area contributed by atoms with Crippen LogP contribution in [0.1, 0.15) is 15.2 Å². The van der Waals surface area contributed by atoms with E-state index < -0.39 is 10.9 Å².